The minimum Gasteiger partial charge on any atom is -0.452 e. The molecule has 6 nitrogen and oxygen atoms in total. The molecular formula is C28H25N3O3S2. The molecule has 0 aliphatic heterocycles. The molecule has 1 unspecified atom stereocenters. The first-order valence-electron chi connectivity index (χ1n) is 12.2. The molecule has 2 aromatic carbocycles. The number of benzene rings is 2. The fraction of sp³-hybridized carbons (Fsp3) is 0.286. The van der Waals surface area contributed by atoms with Crippen LogP contribution in [0.1, 0.15) is 57.2 Å². The molecule has 0 fully saturated rings. The summed E-state index contributed by atoms with van der Waals surface area (Å²) >= 11 is 3.19. The third kappa shape index (κ3) is 4.51. The lowest BCUT2D eigenvalue weighted by Crippen LogP contribution is -2.34. The number of amides is 1. The van der Waals surface area contributed by atoms with E-state index in [4.69, 9.17) is 4.74 Å². The van der Waals surface area contributed by atoms with Crippen molar-refractivity contribution in [1.82, 2.24) is 15.3 Å². The van der Waals surface area contributed by atoms with Crippen molar-refractivity contribution < 1.29 is 14.3 Å². The third-order valence-electron chi connectivity index (χ3n) is 6.82. The number of nitrogens with zero attached hydrogens (tertiary/aromatic N) is 2. The lowest BCUT2D eigenvalue weighted by Gasteiger charge is -2.26. The van der Waals surface area contributed by atoms with Crippen molar-refractivity contribution in [2.45, 2.75) is 54.5 Å². The van der Waals surface area contributed by atoms with Gasteiger partial charge in [0.15, 0.2) is 6.61 Å². The van der Waals surface area contributed by atoms with Crippen LogP contribution < -0.4 is 5.32 Å². The number of ether oxygens (including phenoxy) is 1. The van der Waals surface area contributed by atoms with E-state index in [1.165, 1.54) is 27.8 Å². The van der Waals surface area contributed by atoms with Gasteiger partial charge in [-0.1, -0.05) is 48.2 Å². The second-order valence-electron chi connectivity index (χ2n) is 9.10. The lowest BCUT2D eigenvalue weighted by atomic mass is 9.88. The molecule has 0 radical (unpaired) electrons. The zero-order chi connectivity index (χ0) is 24.5. The predicted molar refractivity (Wildman–Crippen MR) is 141 cm³/mol. The number of esters is 1. The number of carbonyl (C=O) groups is 2. The van der Waals surface area contributed by atoms with E-state index in [9.17, 15) is 9.59 Å². The highest BCUT2D eigenvalue weighted by Crippen LogP contribution is 2.42. The van der Waals surface area contributed by atoms with Crippen LogP contribution in [-0.2, 0) is 28.8 Å². The highest BCUT2D eigenvalue weighted by atomic mass is 32.2. The Labute approximate surface area is 217 Å². The summed E-state index contributed by atoms with van der Waals surface area (Å²) in [6.45, 7) is -0.313. The van der Waals surface area contributed by atoms with Crippen molar-refractivity contribution in [3.63, 3.8) is 0 Å². The third-order valence-corrected chi connectivity index (χ3v) is 9.10. The van der Waals surface area contributed by atoms with E-state index in [0.29, 0.717) is 5.56 Å². The molecule has 8 heteroatoms. The molecule has 4 aromatic rings. The molecule has 1 atom stereocenters. The molecular weight excluding hydrogens is 490 g/mol. The van der Waals surface area contributed by atoms with E-state index in [2.05, 4.69) is 27.4 Å². The molecule has 2 aliphatic rings. The Bertz CT molecular complexity index is 1470. The average molecular weight is 516 g/mol. The quantitative estimate of drug-likeness (QED) is 0.263. The molecule has 182 valence electrons. The molecule has 36 heavy (non-hydrogen) atoms. The standard InChI is InChI=1S/C28H25N3O3S2/c32-24(31-21-12-5-8-17-7-1-2-9-18(17)21)15-34-28(33)20-10-3-4-13-23(20)36-27-25-19-11-6-14-22(19)35-26(25)29-16-30-27/h1-4,7,9-10,13,16,21H,5-6,8,11-12,14-15H2,(H,31,32). The van der Waals surface area contributed by atoms with Gasteiger partial charge in [-0.25, -0.2) is 14.8 Å². The summed E-state index contributed by atoms with van der Waals surface area (Å²) in [6, 6.07) is 15.5. The van der Waals surface area contributed by atoms with Gasteiger partial charge in [-0.15, -0.1) is 11.3 Å². The number of thiophene rings is 1. The van der Waals surface area contributed by atoms with Gasteiger partial charge >= 0.3 is 5.97 Å². The Hall–Kier alpha value is -3.23. The van der Waals surface area contributed by atoms with Crippen molar-refractivity contribution in [3.05, 3.63) is 82.0 Å². The molecule has 1 N–H and O–H groups in total. The van der Waals surface area contributed by atoms with Gasteiger partial charge in [0, 0.05) is 15.2 Å². The van der Waals surface area contributed by atoms with Gasteiger partial charge in [0.1, 0.15) is 16.2 Å². The van der Waals surface area contributed by atoms with Crippen LogP contribution in [0.3, 0.4) is 0 Å². The predicted octanol–water partition coefficient (Wildman–Crippen LogP) is 5.68. The van der Waals surface area contributed by atoms with Crippen LogP contribution in [0.5, 0.6) is 0 Å². The van der Waals surface area contributed by atoms with E-state index in [0.717, 1.165) is 64.2 Å². The van der Waals surface area contributed by atoms with Crippen LogP contribution in [-0.4, -0.2) is 28.5 Å². The zero-order valence-electron chi connectivity index (χ0n) is 19.7. The fourth-order valence-corrected chi connectivity index (χ4v) is 7.49. The van der Waals surface area contributed by atoms with Gasteiger partial charge in [0.05, 0.1) is 11.6 Å². The number of nitrogens with one attached hydrogen (secondary N) is 1. The number of hydrogen-bond acceptors (Lipinski definition) is 7. The molecule has 2 heterocycles. The highest BCUT2D eigenvalue weighted by molar-refractivity contribution is 7.99. The average Bonchev–Trinajstić information content (AvgIpc) is 3.50. The second-order valence-corrected chi connectivity index (χ2v) is 11.2. The molecule has 0 spiro atoms. The fourth-order valence-electron chi connectivity index (χ4n) is 5.15. The maximum atomic E-state index is 13.0. The minimum atomic E-state index is -0.516. The Morgan fingerprint density at radius 1 is 1.03 bits per heavy atom. The first-order chi connectivity index (χ1) is 17.7. The minimum absolute atomic E-state index is 0.0449. The van der Waals surface area contributed by atoms with Crippen LogP contribution in [0, 0.1) is 0 Å². The summed E-state index contributed by atoms with van der Waals surface area (Å²) in [7, 11) is 0. The highest BCUT2D eigenvalue weighted by Gasteiger charge is 2.24. The Balaban J connectivity index is 1.15. The largest absolute Gasteiger partial charge is 0.452 e. The Morgan fingerprint density at radius 3 is 2.83 bits per heavy atom. The maximum absolute atomic E-state index is 13.0. The van der Waals surface area contributed by atoms with Gasteiger partial charge in [-0.3, -0.25) is 4.79 Å². The van der Waals surface area contributed by atoms with Crippen molar-refractivity contribution in [3.8, 4) is 0 Å². The molecule has 0 saturated heterocycles. The summed E-state index contributed by atoms with van der Waals surface area (Å²) in [4.78, 5) is 37.8. The maximum Gasteiger partial charge on any atom is 0.339 e. The van der Waals surface area contributed by atoms with E-state index >= 15 is 0 Å². The molecule has 6 rings (SSSR count). The Kier molecular flexibility index (Phi) is 6.46. The van der Waals surface area contributed by atoms with Crippen molar-refractivity contribution in [1.29, 1.82) is 0 Å². The smallest absolute Gasteiger partial charge is 0.339 e. The number of aromatic nitrogens is 2. The van der Waals surface area contributed by atoms with Crippen molar-refractivity contribution >= 4 is 45.2 Å². The molecule has 0 bridgehead atoms. The number of fused-ring (bicyclic) bond motifs is 4. The van der Waals surface area contributed by atoms with Crippen molar-refractivity contribution in [2.75, 3.05) is 6.61 Å². The molecule has 1 amide bonds. The van der Waals surface area contributed by atoms with Crippen LogP contribution in [0.25, 0.3) is 10.2 Å². The SMILES string of the molecule is O=C(COC(=O)c1ccccc1Sc1ncnc2sc3c(c12)CCC3)NC1CCCc2ccccc21. The van der Waals surface area contributed by atoms with Gasteiger partial charge in [-0.2, -0.15) is 0 Å². The van der Waals surface area contributed by atoms with E-state index < -0.39 is 5.97 Å². The summed E-state index contributed by atoms with van der Waals surface area (Å²) in [6.07, 6.45) is 7.82. The monoisotopic (exact) mass is 515 g/mol. The van der Waals surface area contributed by atoms with Gasteiger partial charge in [-0.05, 0) is 67.3 Å². The lowest BCUT2D eigenvalue weighted by molar-refractivity contribution is -0.125. The van der Waals surface area contributed by atoms with E-state index in [-0.39, 0.29) is 18.6 Å². The first-order valence-corrected chi connectivity index (χ1v) is 13.9. The second kappa shape index (κ2) is 10.0. The Morgan fingerprint density at radius 2 is 1.89 bits per heavy atom. The molecule has 2 aliphatic carbocycles. The molecule has 0 saturated carbocycles. The summed E-state index contributed by atoms with van der Waals surface area (Å²) < 4.78 is 5.45. The normalized spacial score (nSPS) is 16.4. The summed E-state index contributed by atoms with van der Waals surface area (Å²) in [5.41, 5.74) is 4.20. The van der Waals surface area contributed by atoms with Gasteiger partial charge in [0.25, 0.3) is 5.91 Å². The number of carbonyl (C=O) groups excluding carboxylic acids is 2. The van der Waals surface area contributed by atoms with Gasteiger partial charge < -0.3 is 10.1 Å². The van der Waals surface area contributed by atoms with Crippen LogP contribution >= 0.6 is 23.1 Å². The first kappa shape index (κ1) is 23.2. The van der Waals surface area contributed by atoms with Crippen LogP contribution in [0.15, 0.2) is 64.8 Å². The van der Waals surface area contributed by atoms with Gasteiger partial charge in [0.2, 0.25) is 0 Å². The van der Waals surface area contributed by atoms with Crippen LogP contribution in [0.2, 0.25) is 0 Å². The summed E-state index contributed by atoms with van der Waals surface area (Å²) in [5.74, 6) is -0.806. The van der Waals surface area contributed by atoms with Crippen LogP contribution in [0.4, 0.5) is 0 Å². The zero-order valence-corrected chi connectivity index (χ0v) is 21.3. The van der Waals surface area contributed by atoms with E-state index in [1.54, 1.807) is 29.8 Å². The van der Waals surface area contributed by atoms with Crippen molar-refractivity contribution in [2.24, 2.45) is 0 Å². The number of aryl methyl sites for hydroxylation is 3. The number of hydrogen-bond donors (Lipinski definition) is 1. The van der Waals surface area contributed by atoms with E-state index in [1.807, 2.05) is 24.3 Å². The number of rotatable bonds is 6. The molecule has 2 aromatic heterocycles. The topological polar surface area (TPSA) is 81.2 Å². The summed E-state index contributed by atoms with van der Waals surface area (Å²) in [5, 5.41) is 5.00.